The van der Waals surface area contributed by atoms with Crippen molar-refractivity contribution in [3.05, 3.63) is 93.4 Å². The van der Waals surface area contributed by atoms with Gasteiger partial charge in [-0.2, -0.15) is 5.10 Å². The minimum Gasteiger partial charge on any atom is -0.493 e. The van der Waals surface area contributed by atoms with Crippen molar-refractivity contribution in [3.8, 4) is 23.0 Å². The maximum atomic E-state index is 13.2. The lowest BCUT2D eigenvalue weighted by Gasteiger charge is -2.28. The van der Waals surface area contributed by atoms with Gasteiger partial charge in [0.25, 0.3) is 5.91 Å². The molecule has 0 fully saturated rings. The standard InChI is InChI=1S/C32H32ClFN4O8/c1-5-44-31(40)28-18(2)36-32(41)37-29(28)21-8-11-24(25(14-21)42-3)45-17-27(39)38-35-15-20-12-23(33)30(26(13-20)43-4)46-16-19-6-9-22(34)10-7-19/h6-15,29H,5,16-17H2,1-4H3,(H,38,39)(H2,36,37,41)/b35-15-/t29-/m1/s1. The monoisotopic (exact) mass is 654 g/mol. The summed E-state index contributed by atoms with van der Waals surface area (Å²) >= 11 is 6.41. The number of esters is 1. The van der Waals surface area contributed by atoms with E-state index in [9.17, 15) is 18.8 Å². The first-order valence-corrected chi connectivity index (χ1v) is 14.3. The van der Waals surface area contributed by atoms with E-state index in [1.165, 1.54) is 32.6 Å². The maximum absolute atomic E-state index is 13.2. The van der Waals surface area contributed by atoms with Crippen LogP contribution in [0.1, 0.15) is 36.6 Å². The van der Waals surface area contributed by atoms with Crippen molar-refractivity contribution < 1.29 is 42.5 Å². The van der Waals surface area contributed by atoms with Gasteiger partial charge in [0.2, 0.25) is 0 Å². The minimum absolute atomic E-state index is 0.146. The Balaban J connectivity index is 1.37. The van der Waals surface area contributed by atoms with Gasteiger partial charge in [-0.05, 0) is 66.9 Å². The largest absolute Gasteiger partial charge is 0.493 e. The Morgan fingerprint density at radius 1 is 1.02 bits per heavy atom. The predicted octanol–water partition coefficient (Wildman–Crippen LogP) is 4.80. The fourth-order valence-corrected chi connectivity index (χ4v) is 4.72. The van der Waals surface area contributed by atoms with Crippen molar-refractivity contribution in [3.63, 3.8) is 0 Å². The van der Waals surface area contributed by atoms with Gasteiger partial charge < -0.3 is 34.3 Å². The summed E-state index contributed by atoms with van der Waals surface area (Å²) in [6.07, 6.45) is 1.37. The summed E-state index contributed by atoms with van der Waals surface area (Å²) in [6.45, 7) is 3.22. The number of hydrogen-bond acceptors (Lipinski definition) is 9. The van der Waals surface area contributed by atoms with Crippen molar-refractivity contribution in [1.29, 1.82) is 0 Å². The zero-order chi connectivity index (χ0) is 33.2. The second-order valence-electron chi connectivity index (χ2n) is 9.73. The normalized spacial score (nSPS) is 14.3. The average molecular weight is 655 g/mol. The Morgan fingerprint density at radius 3 is 2.46 bits per heavy atom. The summed E-state index contributed by atoms with van der Waals surface area (Å²) in [6, 6.07) is 12.6. The van der Waals surface area contributed by atoms with Gasteiger partial charge in [0.1, 0.15) is 12.4 Å². The number of allylic oxidation sites excluding steroid dienone is 1. The number of carbonyl (C=O) groups is 3. The Bertz CT molecular complexity index is 1660. The highest BCUT2D eigenvalue weighted by molar-refractivity contribution is 6.32. The number of urea groups is 1. The highest BCUT2D eigenvalue weighted by Gasteiger charge is 2.32. The number of methoxy groups -OCH3 is 2. The van der Waals surface area contributed by atoms with E-state index in [4.69, 9.17) is 35.3 Å². The topological polar surface area (TPSA) is 146 Å². The Morgan fingerprint density at radius 2 is 1.76 bits per heavy atom. The van der Waals surface area contributed by atoms with Crippen LogP contribution < -0.4 is 35.0 Å². The molecule has 46 heavy (non-hydrogen) atoms. The van der Waals surface area contributed by atoms with E-state index in [1.807, 2.05) is 0 Å². The molecule has 12 nitrogen and oxygen atoms in total. The number of nitrogens with zero attached hydrogens (tertiary/aromatic N) is 1. The lowest BCUT2D eigenvalue weighted by molar-refractivity contribution is -0.139. The molecule has 1 aliphatic heterocycles. The maximum Gasteiger partial charge on any atom is 0.338 e. The zero-order valence-corrected chi connectivity index (χ0v) is 26.2. The molecular formula is C32H32ClFN4O8. The summed E-state index contributed by atoms with van der Waals surface area (Å²) in [5, 5.41) is 9.50. The summed E-state index contributed by atoms with van der Waals surface area (Å²) in [4.78, 5) is 37.2. The van der Waals surface area contributed by atoms with Crippen molar-refractivity contribution in [2.75, 3.05) is 27.4 Å². The number of carbonyl (C=O) groups excluding carboxylic acids is 3. The third-order valence-corrected chi connectivity index (χ3v) is 6.88. The molecule has 0 radical (unpaired) electrons. The molecule has 1 atom stereocenters. The van der Waals surface area contributed by atoms with Gasteiger partial charge in [0.15, 0.2) is 29.6 Å². The van der Waals surface area contributed by atoms with Gasteiger partial charge in [-0.1, -0.05) is 29.8 Å². The summed E-state index contributed by atoms with van der Waals surface area (Å²) in [7, 11) is 2.87. The third kappa shape index (κ3) is 8.45. The van der Waals surface area contributed by atoms with Gasteiger partial charge in [0, 0.05) is 5.70 Å². The van der Waals surface area contributed by atoms with Gasteiger partial charge in [-0.3, -0.25) is 4.79 Å². The molecule has 4 rings (SSSR count). The number of hydrazone groups is 1. The quantitative estimate of drug-likeness (QED) is 0.135. The van der Waals surface area contributed by atoms with Crippen LogP contribution >= 0.6 is 11.6 Å². The smallest absolute Gasteiger partial charge is 0.338 e. The Kier molecular flexibility index (Phi) is 11.4. The zero-order valence-electron chi connectivity index (χ0n) is 25.4. The molecular weight excluding hydrogens is 623 g/mol. The highest BCUT2D eigenvalue weighted by atomic mass is 35.5. The Labute approximate surface area is 269 Å². The summed E-state index contributed by atoms with van der Waals surface area (Å²) in [5.41, 5.74) is 4.80. The molecule has 0 spiro atoms. The SMILES string of the molecule is CCOC(=O)C1=C(C)NC(=O)N[C@@H]1c1ccc(OCC(=O)N/N=C\c2cc(Cl)c(OCc3ccc(F)cc3)c(OC)c2)c(OC)c1. The first-order chi connectivity index (χ1) is 22.1. The molecule has 242 valence electrons. The molecule has 0 aromatic heterocycles. The molecule has 3 aromatic rings. The second-order valence-corrected chi connectivity index (χ2v) is 10.1. The van der Waals surface area contributed by atoms with Crippen LogP contribution in [0, 0.1) is 5.82 Å². The number of benzene rings is 3. The van der Waals surface area contributed by atoms with Crippen LogP contribution in [0.25, 0.3) is 0 Å². The number of ether oxygens (including phenoxy) is 5. The van der Waals surface area contributed by atoms with Gasteiger partial charge >= 0.3 is 12.0 Å². The van der Waals surface area contributed by atoms with E-state index in [0.29, 0.717) is 28.3 Å². The molecule has 3 aromatic carbocycles. The molecule has 0 bridgehead atoms. The number of nitrogens with one attached hydrogen (secondary N) is 3. The van der Waals surface area contributed by atoms with Crippen LogP contribution in [0.2, 0.25) is 5.02 Å². The molecule has 14 heteroatoms. The van der Waals surface area contributed by atoms with E-state index < -0.39 is 30.6 Å². The minimum atomic E-state index is -0.795. The first-order valence-electron chi connectivity index (χ1n) is 14.0. The van der Waals surface area contributed by atoms with E-state index in [2.05, 4.69) is 21.2 Å². The molecule has 3 N–H and O–H groups in total. The van der Waals surface area contributed by atoms with Crippen molar-refractivity contribution in [2.24, 2.45) is 5.10 Å². The molecule has 0 aliphatic carbocycles. The van der Waals surface area contributed by atoms with Crippen LogP contribution in [0.15, 0.2) is 71.0 Å². The predicted molar refractivity (Wildman–Crippen MR) is 167 cm³/mol. The van der Waals surface area contributed by atoms with Crippen molar-refractivity contribution in [2.45, 2.75) is 26.5 Å². The van der Waals surface area contributed by atoms with E-state index >= 15 is 0 Å². The summed E-state index contributed by atoms with van der Waals surface area (Å²) < 4.78 is 40.6. The number of halogens is 2. The summed E-state index contributed by atoms with van der Waals surface area (Å²) in [5.74, 6) is -0.323. The molecule has 0 saturated heterocycles. The van der Waals surface area contributed by atoms with Crippen molar-refractivity contribution >= 4 is 35.7 Å². The number of amides is 3. The van der Waals surface area contributed by atoms with E-state index in [1.54, 1.807) is 56.3 Å². The van der Waals surface area contributed by atoms with Gasteiger partial charge in [-0.25, -0.2) is 19.4 Å². The van der Waals surface area contributed by atoms with E-state index in [0.717, 1.165) is 5.56 Å². The first kappa shape index (κ1) is 33.6. The van der Waals surface area contributed by atoms with Crippen LogP contribution in [0.3, 0.4) is 0 Å². The molecule has 0 saturated carbocycles. The molecule has 1 aliphatic rings. The van der Waals surface area contributed by atoms with Gasteiger partial charge in [-0.15, -0.1) is 0 Å². The fraction of sp³-hybridized carbons (Fsp3) is 0.250. The highest BCUT2D eigenvalue weighted by Crippen LogP contribution is 2.37. The fourth-order valence-electron chi connectivity index (χ4n) is 4.45. The lowest BCUT2D eigenvalue weighted by atomic mass is 9.95. The number of hydrogen-bond donors (Lipinski definition) is 3. The van der Waals surface area contributed by atoms with Crippen LogP contribution in [-0.2, 0) is 20.9 Å². The second kappa shape index (κ2) is 15.6. The average Bonchev–Trinajstić information content (AvgIpc) is 3.03. The van der Waals surface area contributed by atoms with Crippen LogP contribution in [0.5, 0.6) is 23.0 Å². The van der Waals surface area contributed by atoms with Crippen molar-refractivity contribution in [1.82, 2.24) is 16.1 Å². The van der Waals surface area contributed by atoms with Gasteiger partial charge in [0.05, 0.1) is 43.7 Å². The molecule has 0 unspecified atom stereocenters. The lowest BCUT2D eigenvalue weighted by Crippen LogP contribution is -2.45. The molecule has 3 amide bonds. The number of rotatable bonds is 13. The molecule has 1 heterocycles. The van der Waals surface area contributed by atoms with Crippen LogP contribution in [0.4, 0.5) is 9.18 Å². The Hall–Kier alpha value is -5.30. The van der Waals surface area contributed by atoms with Crippen LogP contribution in [-0.4, -0.2) is 51.6 Å². The van der Waals surface area contributed by atoms with E-state index in [-0.39, 0.29) is 41.1 Å². The third-order valence-electron chi connectivity index (χ3n) is 6.60.